The molecular weight excluding hydrogens is 1810 g/mol. The van der Waals surface area contributed by atoms with Crippen molar-refractivity contribution in [3.8, 4) is 201 Å². The van der Waals surface area contributed by atoms with E-state index in [1.54, 1.807) is 44.5 Å². The first-order chi connectivity index (χ1) is 74.1. The van der Waals surface area contributed by atoms with Gasteiger partial charge in [-0.05, 0) is 471 Å². The summed E-state index contributed by atoms with van der Waals surface area (Å²) in [5.74, 6) is 12.6. The van der Waals surface area contributed by atoms with Gasteiger partial charge < -0.3 is 0 Å². The summed E-state index contributed by atoms with van der Waals surface area (Å²) in [6.45, 7) is 0. The molecular formula is C144H120N6. The van der Waals surface area contributed by atoms with E-state index >= 15 is 0 Å². The second-order valence-corrected chi connectivity index (χ2v) is 47.6. The van der Waals surface area contributed by atoms with Crippen molar-refractivity contribution in [2.75, 3.05) is 0 Å². The van der Waals surface area contributed by atoms with Gasteiger partial charge in [0.05, 0.1) is 34.2 Å². The van der Waals surface area contributed by atoms with Crippen LogP contribution in [-0.2, 0) is 0 Å². The van der Waals surface area contributed by atoms with Crippen LogP contribution in [0.1, 0.15) is 220 Å². The first-order valence-electron chi connectivity index (χ1n) is 56.4. The lowest BCUT2D eigenvalue weighted by Gasteiger charge is -2.38. The highest BCUT2D eigenvalue weighted by Gasteiger charge is 2.47. The highest BCUT2D eigenvalue weighted by molar-refractivity contribution is 5.98. The van der Waals surface area contributed by atoms with Gasteiger partial charge in [-0.1, -0.05) is 249 Å². The molecule has 8 atom stereocenters. The molecule has 0 saturated heterocycles. The molecule has 6 heterocycles. The Morgan fingerprint density at radius 3 is 0.427 bits per heavy atom. The smallest absolute Gasteiger partial charge is 0.0702 e. The van der Waals surface area contributed by atoms with E-state index in [0.717, 1.165) is 226 Å². The van der Waals surface area contributed by atoms with Crippen LogP contribution in [0.15, 0.2) is 389 Å². The summed E-state index contributed by atoms with van der Waals surface area (Å²) < 4.78 is 0. The molecule has 150 heavy (non-hydrogen) atoms. The van der Waals surface area contributed by atoms with Crippen molar-refractivity contribution in [2.24, 2.45) is 47.3 Å². The van der Waals surface area contributed by atoms with E-state index in [2.05, 4.69) is 389 Å². The number of hydrogen-bond acceptors (Lipinski definition) is 6. The zero-order chi connectivity index (χ0) is 98.3. The number of benzene rings is 13. The lowest BCUT2D eigenvalue weighted by atomic mass is 9.67. The first kappa shape index (κ1) is 88.8. The first-order valence-corrected chi connectivity index (χ1v) is 56.4. The van der Waals surface area contributed by atoms with E-state index in [9.17, 15) is 0 Å². The Kier molecular flexibility index (Phi) is 21.5. The Morgan fingerprint density at radius 1 is 0.113 bits per heavy atom. The topological polar surface area (TPSA) is 77.3 Å². The molecule has 16 bridgehead atoms. The van der Waals surface area contributed by atoms with Gasteiger partial charge in [0.25, 0.3) is 0 Å². The predicted octanol–water partition coefficient (Wildman–Crippen LogP) is 37.6. The maximum absolute atomic E-state index is 5.36. The van der Waals surface area contributed by atoms with Crippen LogP contribution in [0.5, 0.6) is 0 Å². The van der Waals surface area contributed by atoms with Gasteiger partial charge in [0.2, 0.25) is 0 Å². The largest absolute Gasteiger partial charge is 0.256 e. The second kappa shape index (κ2) is 36.3. The Hall–Kier alpha value is -15.2. The molecule has 19 aromatic rings. The predicted molar refractivity (Wildman–Crippen MR) is 613 cm³/mol. The van der Waals surface area contributed by atoms with Crippen molar-refractivity contribution < 1.29 is 0 Å². The average molecular weight is 1930 g/mol. The Morgan fingerprint density at radius 2 is 0.260 bits per heavy atom. The highest BCUT2D eigenvalue weighted by atomic mass is 14.7. The summed E-state index contributed by atoms with van der Waals surface area (Å²) in [5, 5.41) is 0. The summed E-state index contributed by atoms with van der Waals surface area (Å²) >= 11 is 0. The molecule has 0 N–H and O–H groups in total. The standard InChI is InChI=1S/C144H120N6/c1-7-22-125(113-69-115(127-24-9-3-18-121(127)101-34-44-141(147-81-101)95-28-38-131-105-52-85-48-86(53-105)61-109(60-85)135(131)75-95)73-116(70-113)128-25-10-4-19-122(128)102-35-45-142(148-82-102)96-29-39-132-106-54-87-49-88(55-106)63-110(62-87)136(132)76-96)119(16-1)99-32-42-139(145-79-99)93-14-13-15-94(68-93)140-43-33-100(80-146-140)120-17-2-8-23-126(120)114-71-117(129-26-11-5-20-123(129)103-36-46-143(149-83-103)97-30-40-133-107-56-89-50-90(57-107)65-111(64-89)137(133)77-97)74-118(72-114)130-27-12-6-21-124(130)104-37-47-144(150-84-104)98-31-41-134-108-58-91-51-92(59-108)67-112(66-91)138(134)78-98/h1-47,68-92,105-112H,48-67H2. The normalized spacial score (nSPS) is 23.7. The zero-order valence-electron chi connectivity index (χ0n) is 85.0. The number of hydrogen-bond donors (Lipinski definition) is 0. The SMILES string of the molecule is c1cc(-c2ccc(-c3ccccc3-c3cc(-c4ccccc4-c4ccc(-c5ccc6c(c5)C5CC7CC(CC6C7)C5)nc4)cc(-c4ccccc4-c4ccc(-c5ccc6c(c5)C5CC7CC(CC6C7)C5)nc4)c3)cn2)cc(-c2ccc(-c3ccccc3-c3cc(-c4ccccc4-c4ccc(-c5ccc6c(c5)C5CC7CC(CC6C7)C5)nc4)cc(-c4ccccc4-c4ccc(-c5ccc6c(c5)C5CC7CC(CC6C7)C5)nc4)c3)cn2)c1. The molecule has 8 unspecified atom stereocenters. The molecule has 0 radical (unpaired) electrons. The maximum Gasteiger partial charge on any atom is 0.0702 e. The van der Waals surface area contributed by atoms with Crippen LogP contribution in [0.3, 0.4) is 0 Å². The molecule has 8 fully saturated rings. The molecule has 6 aromatic heterocycles. The van der Waals surface area contributed by atoms with Gasteiger partial charge in [0.1, 0.15) is 0 Å². The Bertz CT molecular complexity index is 7630. The zero-order valence-corrected chi connectivity index (χ0v) is 85.0. The van der Waals surface area contributed by atoms with Crippen LogP contribution in [0.4, 0.5) is 0 Å². The van der Waals surface area contributed by atoms with Crippen LogP contribution in [0.25, 0.3) is 201 Å². The van der Waals surface area contributed by atoms with E-state index < -0.39 is 0 Å². The molecule has 8 saturated carbocycles. The third-order valence-corrected chi connectivity index (χ3v) is 38.8. The van der Waals surface area contributed by atoms with Gasteiger partial charge in [-0.25, -0.2) is 0 Å². The van der Waals surface area contributed by atoms with Gasteiger partial charge >= 0.3 is 0 Å². The van der Waals surface area contributed by atoms with Crippen LogP contribution < -0.4 is 0 Å². The monoisotopic (exact) mass is 1930 g/mol. The fourth-order valence-corrected chi connectivity index (χ4v) is 32.6. The summed E-state index contributed by atoms with van der Waals surface area (Å²) in [7, 11) is 0. The minimum absolute atomic E-state index is 0.673. The molecule has 13 aromatic carbocycles. The molecule has 0 aliphatic heterocycles. The maximum atomic E-state index is 5.36. The van der Waals surface area contributed by atoms with E-state index in [4.69, 9.17) is 29.9 Å². The number of pyridine rings is 6. The van der Waals surface area contributed by atoms with Crippen LogP contribution in [-0.4, -0.2) is 29.9 Å². The third-order valence-electron chi connectivity index (χ3n) is 38.8. The number of aromatic nitrogens is 6. The van der Waals surface area contributed by atoms with Gasteiger partial charge in [-0.2, -0.15) is 0 Å². The van der Waals surface area contributed by atoms with E-state index in [-0.39, 0.29) is 0 Å². The van der Waals surface area contributed by atoms with Crippen molar-refractivity contribution in [1.29, 1.82) is 0 Å². The Balaban J connectivity index is 0.458. The summed E-state index contributed by atoms with van der Waals surface area (Å²) in [5.41, 5.74) is 52.5. The molecule has 6 nitrogen and oxygen atoms in total. The van der Waals surface area contributed by atoms with Gasteiger partial charge in [0, 0.05) is 104 Å². The van der Waals surface area contributed by atoms with Crippen LogP contribution in [0.2, 0.25) is 0 Å². The average Bonchev–Trinajstić information content (AvgIpc) is 1.74. The van der Waals surface area contributed by atoms with Crippen molar-refractivity contribution >= 4 is 0 Å². The fraction of sp³-hybridized carbons (Fsp3) is 0.250. The number of rotatable bonds is 18. The molecule has 726 valence electrons. The molecule has 16 aliphatic carbocycles. The van der Waals surface area contributed by atoms with E-state index in [0.29, 0.717) is 47.3 Å². The third kappa shape index (κ3) is 15.9. The Labute approximate surface area is 881 Å². The summed E-state index contributed by atoms with van der Waals surface area (Å²) in [6.07, 6.45) is 40.1. The lowest BCUT2D eigenvalue weighted by molar-refractivity contribution is 0.165. The van der Waals surface area contributed by atoms with Crippen LogP contribution >= 0.6 is 0 Å². The summed E-state index contributed by atoms with van der Waals surface area (Å²) in [6, 6.07) is 133. The molecule has 0 spiro atoms. The fourth-order valence-electron chi connectivity index (χ4n) is 32.6. The number of nitrogens with zero attached hydrogens (tertiary/aromatic N) is 6. The molecule has 16 aliphatic rings. The van der Waals surface area contributed by atoms with Crippen molar-refractivity contribution in [3.05, 3.63) is 434 Å². The van der Waals surface area contributed by atoms with E-state index in [1.807, 2.05) is 0 Å². The minimum atomic E-state index is 0.673. The van der Waals surface area contributed by atoms with Crippen molar-refractivity contribution in [2.45, 2.75) is 176 Å². The van der Waals surface area contributed by atoms with Gasteiger partial charge in [-0.3, -0.25) is 29.9 Å². The minimum Gasteiger partial charge on any atom is -0.256 e. The molecule has 0 amide bonds. The quantitative estimate of drug-likeness (QED) is 0.0852. The summed E-state index contributed by atoms with van der Waals surface area (Å²) in [4.78, 5) is 32.1. The van der Waals surface area contributed by atoms with Gasteiger partial charge in [-0.15, -0.1) is 0 Å². The van der Waals surface area contributed by atoms with Crippen LogP contribution in [0, 0.1) is 47.3 Å². The molecule has 35 rings (SSSR count). The second-order valence-electron chi connectivity index (χ2n) is 47.6. The molecule has 6 heteroatoms. The van der Waals surface area contributed by atoms with E-state index in [1.165, 1.54) is 151 Å². The highest BCUT2D eigenvalue weighted by Crippen LogP contribution is 2.63. The van der Waals surface area contributed by atoms with Crippen molar-refractivity contribution in [1.82, 2.24) is 29.9 Å². The lowest BCUT2D eigenvalue weighted by Crippen LogP contribution is -2.25. The van der Waals surface area contributed by atoms with Gasteiger partial charge in [0.15, 0.2) is 0 Å². The van der Waals surface area contributed by atoms with Crippen molar-refractivity contribution in [3.63, 3.8) is 0 Å².